The summed E-state index contributed by atoms with van der Waals surface area (Å²) in [6, 6.07) is 10.1. The number of imide groups is 1. The molecule has 9 rings (SSSR count). The number of benzene rings is 2. The molecule has 2 fully saturated rings. The first-order chi connectivity index (χ1) is 37.9. The molecule has 79 heavy (non-hydrogen) atoms. The lowest BCUT2D eigenvalue weighted by molar-refractivity contribution is -0.172. The maximum absolute atomic E-state index is 15.5. The van der Waals surface area contributed by atoms with Gasteiger partial charge in [-0.2, -0.15) is 0 Å². The molecule has 2 aromatic carbocycles. The molecular formula is C56H64FN9O13. The average Bonchev–Trinajstić information content (AvgIpc) is 3.78. The Bertz CT molecular complexity index is 3200. The predicted octanol–water partition coefficient (Wildman–Crippen LogP) is 1.68. The van der Waals surface area contributed by atoms with Gasteiger partial charge in [0.15, 0.2) is 5.60 Å². The molecule has 8 amide bonds. The van der Waals surface area contributed by atoms with Gasteiger partial charge in [0.1, 0.15) is 25.2 Å². The number of hydrogen-bond donors (Lipinski definition) is 7. The second-order valence-corrected chi connectivity index (χ2v) is 20.9. The number of carbonyl (C=O) groups is 9. The Hall–Kier alpha value is -7.92. The first kappa shape index (κ1) is 55.8. The number of carbonyl (C=O) groups excluding carboxylic acids is 9. The lowest BCUT2D eigenvalue weighted by atomic mass is 9.68. The van der Waals surface area contributed by atoms with Crippen LogP contribution in [-0.2, 0) is 84.2 Å². The van der Waals surface area contributed by atoms with Crippen molar-refractivity contribution in [1.82, 2.24) is 46.4 Å². The molecule has 2 aliphatic carbocycles. The molecule has 0 bridgehead atoms. The van der Waals surface area contributed by atoms with Crippen molar-refractivity contribution in [3.63, 3.8) is 0 Å². The molecule has 0 unspecified atom stereocenters. The summed E-state index contributed by atoms with van der Waals surface area (Å²) in [5.74, 6) is -4.96. The van der Waals surface area contributed by atoms with Crippen LogP contribution in [0.15, 0.2) is 47.3 Å². The molecule has 7 N–H and O–H groups in total. The largest absolute Gasteiger partial charge is 0.458 e. The predicted molar refractivity (Wildman–Crippen MR) is 279 cm³/mol. The monoisotopic (exact) mass is 1090 g/mol. The van der Waals surface area contributed by atoms with Gasteiger partial charge in [-0.05, 0) is 80.2 Å². The number of aromatic nitrogens is 2. The Morgan fingerprint density at radius 2 is 1.57 bits per heavy atom. The number of aryl methyl sites for hydroxylation is 1. The quantitative estimate of drug-likeness (QED) is 0.0212. The van der Waals surface area contributed by atoms with Crippen LogP contribution in [0.1, 0.15) is 123 Å². The number of fused-ring (bicyclic) bond motifs is 5. The highest BCUT2D eigenvalue weighted by Gasteiger charge is 2.48. The van der Waals surface area contributed by atoms with Crippen molar-refractivity contribution in [1.29, 1.82) is 0 Å². The van der Waals surface area contributed by atoms with E-state index < -0.39 is 77.2 Å². The number of esters is 1. The molecule has 4 aromatic rings. The third kappa shape index (κ3) is 11.6. The molecule has 418 valence electrons. The number of amides is 8. The minimum absolute atomic E-state index is 0.0387. The summed E-state index contributed by atoms with van der Waals surface area (Å²) in [5.41, 5.74) is 1.27. The number of cyclic esters (lactones) is 1. The SMILES string of the molecule is CC[C@@]1(O)C(=O)OCc2c1cc1n(c2=O)Cc2c-1nc1cc(F)c(C)c3c1c2[C@@H](NC(=O)C1(COCNC(=O)CNC(=O)[C@H](Cc2ccccc2)NC(=O)CNC(=O)CNC(=O)CCCCCN2C(=O)CCC2=O)CCC1)CC3. The van der Waals surface area contributed by atoms with Gasteiger partial charge in [0.2, 0.25) is 47.3 Å². The second kappa shape index (κ2) is 23.6. The minimum atomic E-state index is -2.04. The summed E-state index contributed by atoms with van der Waals surface area (Å²) in [5, 5.41) is 28.0. The summed E-state index contributed by atoms with van der Waals surface area (Å²) in [4.78, 5) is 135. The fraction of sp³-hybridized carbons (Fsp3) is 0.482. The molecule has 1 saturated heterocycles. The molecule has 5 aliphatic rings. The van der Waals surface area contributed by atoms with Crippen molar-refractivity contribution >= 4 is 64.1 Å². The van der Waals surface area contributed by atoms with E-state index in [1.165, 1.54) is 15.5 Å². The van der Waals surface area contributed by atoms with E-state index in [2.05, 4.69) is 31.9 Å². The average molecular weight is 1090 g/mol. The van der Waals surface area contributed by atoms with Gasteiger partial charge >= 0.3 is 5.97 Å². The van der Waals surface area contributed by atoms with Crippen molar-refractivity contribution in [3.8, 4) is 11.4 Å². The van der Waals surface area contributed by atoms with Gasteiger partial charge in [-0.1, -0.05) is 50.1 Å². The molecule has 1 saturated carbocycles. The van der Waals surface area contributed by atoms with Gasteiger partial charge in [0.25, 0.3) is 5.56 Å². The molecular weight excluding hydrogens is 1030 g/mol. The highest BCUT2D eigenvalue weighted by atomic mass is 19.1. The van der Waals surface area contributed by atoms with Crippen LogP contribution < -0.4 is 37.5 Å². The number of pyridine rings is 2. The molecule has 23 heteroatoms. The van der Waals surface area contributed by atoms with E-state index in [0.29, 0.717) is 96.0 Å². The number of halogens is 1. The number of nitrogens with one attached hydrogen (secondary N) is 6. The lowest BCUT2D eigenvalue weighted by Gasteiger charge is -2.41. The van der Waals surface area contributed by atoms with Gasteiger partial charge in [-0.25, -0.2) is 14.2 Å². The van der Waals surface area contributed by atoms with Crippen LogP contribution in [0.5, 0.6) is 0 Å². The third-order valence-electron chi connectivity index (χ3n) is 15.9. The zero-order valence-corrected chi connectivity index (χ0v) is 44.1. The Labute approximate surface area is 453 Å². The Kier molecular flexibility index (Phi) is 16.7. The maximum Gasteiger partial charge on any atom is 0.343 e. The summed E-state index contributed by atoms with van der Waals surface area (Å²) in [6.45, 7) is 1.70. The maximum atomic E-state index is 15.5. The molecule has 3 atom stereocenters. The minimum Gasteiger partial charge on any atom is -0.458 e. The van der Waals surface area contributed by atoms with E-state index >= 15 is 4.39 Å². The summed E-state index contributed by atoms with van der Waals surface area (Å²) < 4.78 is 28.2. The van der Waals surface area contributed by atoms with E-state index in [1.807, 2.05) is 0 Å². The number of hydrogen-bond acceptors (Lipinski definition) is 14. The number of aliphatic hydroxyl groups is 1. The summed E-state index contributed by atoms with van der Waals surface area (Å²) >= 11 is 0. The fourth-order valence-electron chi connectivity index (χ4n) is 11.2. The summed E-state index contributed by atoms with van der Waals surface area (Å²) in [6.07, 6.45) is 4.85. The number of ether oxygens (including phenoxy) is 2. The molecule has 5 heterocycles. The molecule has 3 aliphatic heterocycles. The number of unbranched alkanes of at least 4 members (excludes halogenated alkanes) is 2. The van der Waals surface area contributed by atoms with Crippen LogP contribution in [0.3, 0.4) is 0 Å². The van der Waals surface area contributed by atoms with E-state index in [4.69, 9.17) is 14.5 Å². The highest BCUT2D eigenvalue weighted by Crippen LogP contribution is 2.47. The topological polar surface area (TPSA) is 303 Å². The van der Waals surface area contributed by atoms with Crippen LogP contribution in [0, 0.1) is 18.2 Å². The van der Waals surface area contributed by atoms with Gasteiger partial charge < -0.3 is 51.0 Å². The third-order valence-corrected chi connectivity index (χ3v) is 15.9. The highest BCUT2D eigenvalue weighted by molar-refractivity contribution is 6.02. The number of nitrogens with zero attached hydrogens (tertiary/aromatic N) is 3. The molecule has 2 aromatic heterocycles. The molecule has 0 spiro atoms. The first-order valence-electron chi connectivity index (χ1n) is 26.9. The number of rotatable bonds is 23. The Balaban J connectivity index is 0.761. The zero-order valence-electron chi connectivity index (χ0n) is 44.1. The van der Waals surface area contributed by atoms with Crippen molar-refractivity contribution in [3.05, 3.63) is 97.6 Å². The lowest BCUT2D eigenvalue weighted by Crippen LogP contribution is -2.52. The Morgan fingerprint density at radius 3 is 2.29 bits per heavy atom. The second-order valence-electron chi connectivity index (χ2n) is 20.9. The van der Waals surface area contributed by atoms with Crippen LogP contribution >= 0.6 is 0 Å². The van der Waals surface area contributed by atoms with E-state index in [1.54, 1.807) is 50.2 Å². The Morgan fingerprint density at radius 1 is 0.861 bits per heavy atom. The fourth-order valence-corrected chi connectivity index (χ4v) is 11.2. The van der Waals surface area contributed by atoms with E-state index in [0.717, 1.165) is 12.0 Å². The van der Waals surface area contributed by atoms with Crippen LogP contribution in [0.2, 0.25) is 0 Å². The van der Waals surface area contributed by atoms with Gasteiger partial charge in [0, 0.05) is 54.8 Å². The molecule has 0 radical (unpaired) electrons. The standard InChI is InChI=1S/C56H64FN9O13/c1-3-56(77)36-22-41-50-34(27-66(41)52(74)35(36)28-79-54(56)76)49-38(15-14-33-31(2)37(57)23-39(63-50)48(33)49)64-53(75)55(18-10-19-55)29-78-30-61-44(69)25-60-51(73)40(21-32-11-6-4-7-12-32)62-45(70)26-59-43(68)24-58-42(67)13-8-5-9-20-65-46(71)16-17-47(65)72/h4,6-7,11-12,22-23,38,40,77H,3,5,8-10,13-21,24-30H2,1-2H3,(H,58,67)(H,59,68)(H,60,73)(H,61,69)(H,62,70)(H,64,75)/t38-,40-,56-/m0/s1. The van der Waals surface area contributed by atoms with Gasteiger partial charge in [-0.3, -0.25) is 48.1 Å². The number of likely N-dealkylation sites (tertiary alicyclic amines) is 1. The van der Waals surface area contributed by atoms with Crippen LogP contribution in [0.4, 0.5) is 4.39 Å². The first-order valence-corrected chi connectivity index (χ1v) is 26.9. The van der Waals surface area contributed by atoms with Crippen molar-refractivity contribution < 1.29 is 62.1 Å². The van der Waals surface area contributed by atoms with E-state index in [9.17, 15) is 53.1 Å². The smallest absolute Gasteiger partial charge is 0.343 e. The zero-order chi connectivity index (χ0) is 56.2. The molecule has 22 nitrogen and oxygen atoms in total. The van der Waals surface area contributed by atoms with Crippen LogP contribution in [-0.4, -0.2) is 118 Å². The van der Waals surface area contributed by atoms with Gasteiger partial charge in [0.05, 0.1) is 66.7 Å². The normalized spacial score (nSPS) is 18.8. The van der Waals surface area contributed by atoms with E-state index in [-0.39, 0.29) is 99.9 Å². The van der Waals surface area contributed by atoms with Crippen molar-refractivity contribution in [2.24, 2.45) is 5.41 Å². The van der Waals surface area contributed by atoms with Crippen LogP contribution in [0.25, 0.3) is 22.3 Å². The van der Waals surface area contributed by atoms with Gasteiger partial charge in [-0.15, -0.1) is 0 Å². The summed E-state index contributed by atoms with van der Waals surface area (Å²) in [7, 11) is 0. The van der Waals surface area contributed by atoms with Crippen molar-refractivity contribution in [2.45, 2.75) is 128 Å². The van der Waals surface area contributed by atoms with Crippen molar-refractivity contribution in [2.75, 3.05) is 39.5 Å².